The second kappa shape index (κ2) is 9.07. The quantitative estimate of drug-likeness (QED) is 0.410. The predicted molar refractivity (Wildman–Crippen MR) is 72.7 cm³/mol. The molecule has 0 aliphatic carbocycles. The number of allylic oxidation sites excluding steroid dienone is 1. The molecular formula is C11H21N5OS. The Bertz CT molecular complexity index is 362. The monoisotopic (exact) mass is 271 g/mol. The topological polar surface area (TPSA) is 64.9 Å². The molecule has 0 unspecified atom stereocenters. The minimum absolute atomic E-state index is 0.720. The largest absolute Gasteiger partial charge is 0.383 e. The van der Waals surface area contributed by atoms with E-state index in [-0.39, 0.29) is 0 Å². The standard InChI is InChI=1S/C11H21N5OS/c1-10(2)4-9-18-11-13-14-15-16(11)7-5-12-6-8-17-3/h4,12H,5-9H2,1-3H3. The average molecular weight is 271 g/mol. The van der Waals surface area contributed by atoms with Gasteiger partial charge in [0.15, 0.2) is 0 Å². The molecule has 1 aromatic heterocycles. The van der Waals surface area contributed by atoms with Gasteiger partial charge < -0.3 is 10.1 Å². The Labute approximate surface area is 112 Å². The smallest absolute Gasteiger partial charge is 0.209 e. The van der Waals surface area contributed by atoms with Crippen molar-refractivity contribution in [2.75, 3.05) is 32.6 Å². The highest BCUT2D eigenvalue weighted by Gasteiger charge is 2.04. The van der Waals surface area contributed by atoms with E-state index in [2.05, 4.69) is 40.8 Å². The van der Waals surface area contributed by atoms with Crippen LogP contribution in [-0.4, -0.2) is 52.8 Å². The van der Waals surface area contributed by atoms with Crippen LogP contribution in [0.5, 0.6) is 0 Å². The van der Waals surface area contributed by atoms with E-state index in [1.807, 2.05) is 4.68 Å². The first-order valence-corrected chi connectivity index (χ1v) is 6.94. The number of nitrogens with zero attached hydrogens (tertiary/aromatic N) is 4. The van der Waals surface area contributed by atoms with Gasteiger partial charge in [0, 0.05) is 26.0 Å². The summed E-state index contributed by atoms with van der Waals surface area (Å²) in [7, 11) is 1.70. The summed E-state index contributed by atoms with van der Waals surface area (Å²) in [6, 6.07) is 0. The van der Waals surface area contributed by atoms with Crippen molar-refractivity contribution in [3.63, 3.8) is 0 Å². The minimum Gasteiger partial charge on any atom is -0.383 e. The van der Waals surface area contributed by atoms with Crippen molar-refractivity contribution in [3.8, 4) is 0 Å². The lowest BCUT2D eigenvalue weighted by Gasteiger charge is -2.05. The normalized spacial score (nSPS) is 10.6. The molecule has 1 aromatic rings. The third-order valence-electron chi connectivity index (χ3n) is 2.19. The van der Waals surface area contributed by atoms with Crippen LogP contribution in [0.1, 0.15) is 13.8 Å². The van der Waals surface area contributed by atoms with Gasteiger partial charge >= 0.3 is 0 Å². The van der Waals surface area contributed by atoms with Crippen LogP contribution in [0.15, 0.2) is 16.8 Å². The summed E-state index contributed by atoms with van der Waals surface area (Å²) < 4.78 is 6.78. The number of rotatable bonds is 9. The lowest BCUT2D eigenvalue weighted by atomic mass is 10.3. The number of ether oxygens (including phenoxy) is 1. The van der Waals surface area contributed by atoms with Crippen LogP contribution < -0.4 is 5.32 Å². The molecular weight excluding hydrogens is 250 g/mol. The Balaban J connectivity index is 2.28. The lowest BCUT2D eigenvalue weighted by molar-refractivity contribution is 0.199. The maximum atomic E-state index is 4.96. The average Bonchev–Trinajstić information content (AvgIpc) is 2.76. The Morgan fingerprint density at radius 3 is 3.00 bits per heavy atom. The van der Waals surface area contributed by atoms with Crippen LogP contribution in [-0.2, 0) is 11.3 Å². The maximum absolute atomic E-state index is 4.96. The Morgan fingerprint density at radius 1 is 1.44 bits per heavy atom. The number of nitrogens with one attached hydrogen (secondary N) is 1. The zero-order chi connectivity index (χ0) is 13.2. The van der Waals surface area contributed by atoms with E-state index in [1.165, 1.54) is 5.57 Å². The van der Waals surface area contributed by atoms with E-state index in [4.69, 9.17) is 4.74 Å². The number of hydrogen-bond acceptors (Lipinski definition) is 6. The number of hydrogen-bond donors (Lipinski definition) is 1. The van der Waals surface area contributed by atoms with E-state index in [0.29, 0.717) is 0 Å². The number of tetrazole rings is 1. The number of methoxy groups -OCH3 is 1. The first-order valence-electron chi connectivity index (χ1n) is 5.96. The van der Waals surface area contributed by atoms with Crippen LogP contribution >= 0.6 is 11.8 Å². The molecule has 18 heavy (non-hydrogen) atoms. The second-order valence-electron chi connectivity index (χ2n) is 4.02. The van der Waals surface area contributed by atoms with Gasteiger partial charge in [-0.15, -0.1) is 5.10 Å². The molecule has 0 radical (unpaired) electrons. The van der Waals surface area contributed by atoms with Crippen molar-refractivity contribution in [1.82, 2.24) is 25.5 Å². The molecule has 0 bridgehead atoms. The molecule has 0 aliphatic rings. The van der Waals surface area contributed by atoms with Crippen LogP contribution in [0.25, 0.3) is 0 Å². The summed E-state index contributed by atoms with van der Waals surface area (Å²) in [4.78, 5) is 0. The number of aromatic nitrogens is 4. The van der Waals surface area contributed by atoms with Gasteiger partial charge in [-0.1, -0.05) is 23.4 Å². The van der Waals surface area contributed by atoms with E-state index in [0.717, 1.165) is 37.2 Å². The second-order valence-corrected chi connectivity index (χ2v) is 5.01. The van der Waals surface area contributed by atoms with Crippen molar-refractivity contribution in [2.45, 2.75) is 25.5 Å². The summed E-state index contributed by atoms with van der Waals surface area (Å²) in [5, 5.41) is 15.8. The molecule has 0 atom stereocenters. The molecule has 0 spiro atoms. The first-order chi connectivity index (χ1) is 8.74. The van der Waals surface area contributed by atoms with E-state index < -0.39 is 0 Å². The third-order valence-corrected chi connectivity index (χ3v) is 3.07. The molecule has 0 saturated heterocycles. The molecule has 6 nitrogen and oxygen atoms in total. The first kappa shape index (κ1) is 15.1. The Kier molecular flexibility index (Phi) is 7.63. The van der Waals surface area contributed by atoms with Crippen molar-refractivity contribution in [1.29, 1.82) is 0 Å². The van der Waals surface area contributed by atoms with Crippen LogP contribution in [0, 0.1) is 0 Å². The molecule has 0 amide bonds. The summed E-state index contributed by atoms with van der Waals surface area (Å²) >= 11 is 1.65. The molecule has 0 aliphatic heterocycles. The van der Waals surface area contributed by atoms with Crippen molar-refractivity contribution < 1.29 is 4.74 Å². The molecule has 0 fully saturated rings. The fraction of sp³-hybridized carbons (Fsp3) is 0.727. The summed E-state index contributed by atoms with van der Waals surface area (Å²) in [5.41, 5.74) is 1.31. The molecule has 0 saturated carbocycles. The van der Waals surface area contributed by atoms with Crippen LogP contribution in [0.3, 0.4) is 0 Å². The highest BCUT2D eigenvalue weighted by Crippen LogP contribution is 2.13. The van der Waals surface area contributed by atoms with Crippen LogP contribution in [0.4, 0.5) is 0 Å². The van der Waals surface area contributed by atoms with Crippen molar-refractivity contribution >= 4 is 11.8 Å². The van der Waals surface area contributed by atoms with Crippen molar-refractivity contribution in [3.05, 3.63) is 11.6 Å². The van der Waals surface area contributed by atoms with Gasteiger partial charge in [0.05, 0.1) is 13.2 Å². The van der Waals surface area contributed by atoms with Gasteiger partial charge in [-0.05, 0) is 24.3 Å². The Morgan fingerprint density at radius 2 is 2.28 bits per heavy atom. The minimum atomic E-state index is 0.720. The van der Waals surface area contributed by atoms with E-state index in [1.54, 1.807) is 18.9 Å². The molecule has 7 heteroatoms. The van der Waals surface area contributed by atoms with E-state index >= 15 is 0 Å². The fourth-order valence-corrected chi connectivity index (χ4v) is 2.14. The van der Waals surface area contributed by atoms with Gasteiger partial charge in [0.25, 0.3) is 0 Å². The zero-order valence-corrected chi connectivity index (χ0v) is 12.0. The maximum Gasteiger partial charge on any atom is 0.209 e. The van der Waals surface area contributed by atoms with Crippen molar-refractivity contribution in [2.24, 2.45) is 0 Å². The third kappa shape index (κ3) is 6.13. The van der Waals surface area contributed by atoms with Crippen LogP contribution in [0.2, 0.25) is 0 Å². The summed E-state index contributed by atoms with van der Waals surface area (Å²) in [6.45, 7) is 7.35. The fourth-order valence-electron chi connectivity index (χ4n) is 1.21. The summed E-state index contributed by atoms with van der Waals surface area (Å²) in [5.74, 6) is 0.903. The molecule has 1 N–H and O–H groups in total. The van der Waals surface area contributed by atoms with Gasteiger partial charge in [-0.2, -0.15) is 0 Å². The van der Waals surface area contributed by atoms with Gasteiger partial charge in [0.1, 0.15) is 0 Å². The number of thioether (sulfide) groups is 1. The highest BCUT2D eigenvalue weighted by molar-refractivity contribution is 7.99. The molecule has 1 heterocycles. The predicted octanol–water partition coefficient (Wildman–Crippen LogP) is 0.967. The van der Waals surface area contributed by atoms with Gasteiger partial charge in [-0.25, -0.2) is 4.68 Å². The van der Waals surface area contributed by atoms with E-state index in [9.17, 15) is 0 Å². The Hall–Kier alpha value is -0.920. The van der Waals surface area contributed by atoms with Gasteiger partial charge in [0.2, 0.25) is 5.16 Å². The SMILES string of the molecule is COCCNCCn1nnnc1SCC=C(C)C. The molecule has 102 valence electrons. The highest BCUT2D eigenvalue weighted by atomic mass is 32.2. The van der Waals surface area contributed by atoms with Gasteiger partial charge in [-0.3, -0.25) is 0 Å². The lowest BCUT2D eigenvalue weighted by Crippen LogP contribution is -2.24. The summed E-state index contributed by atoms with van der Waals surface area (Å²) in [6.07, 6.45) is 2.17. The zero-order valence-electron chi connectivity index (χ0n) is 11.2. The molecule has 0 aromatic carbocycles. The molecule has 1 rings (SSSR count).